The van der Waals surface area contributed by atoms with Crippen molar-refractivity contribution in [2.24, 2.45) is 17.8 Å². The number of hydroxylamine groups is 2. The number of amides is 3. The van der Waals surface area contributed by atoms with E-state index in [2.05, 4.69) is 29.8 Å². The third-order valence-corrected chi connectivity index (χ3v) is 10.5. The zero-order chi connectivity index (χ0) is 38.1. The van der Waals surface area contributed by atoms with Gasteiger partial charge in [-0.05, 0) is 77.1 Å². The first kappa shape index (κ1) is 41.2. The molecule has 0 bridgehead atoms. The van der Waals surface area contributed by atoms with Gasteiger partial charge >= 0.3 is 0 Å². The molecular formula is C39H60N6O7. The third kappa shape index (κ3) is 10.3. The van der Waals surface area contributed by atoms with Crippen LogP contribution in [-0.4, -0.2) is 135 Å². The molecule has 13 heteroatoms. The molecule has 1 aliphatic heterocycles. The molecule has 2 aliphatic rings. The van der Waals surface area contributed by atoms with E-state index in [1.54, 1.807) is 37.3 Å². The topological polar surface area (TPSA) is 156 Å². The molecule has 288 valence electrons. The predicted molar refractivity (Wildman–Crippen MR) is 201 cm³/mol. The maximum absolute atomic E-state index is 14.1. The van der Waals surface area contributed by atoms with Crippen molar-refractivity contribution in [2.45, 2.75) is 70.9 Å². The van der Waals surface area contributed by atoms with Crippen LogP contribution in [0.25, 0.3) is 11.1 Å². The van der Waals surface area contributed by atoms with Gasteiger partial charge in [0.1, 0.15) is 17.9 Å². The Morgan fingerprint density at radius 1 is 0.981 bits per heavy atom. The summed E-state index contributed by atoms with van der Waals surface area (Å²) in [7, 11) is 9.25. The number of hydrogen-bond acceptors (Lipinski definition) is 10. The van der Waals surface area contributed by atoms with Gasteiger partial charge in [0, 0.05) is 60.4 Å². The number of carbonyl (C=O) groups excluding carboxylic acids is 3. The summed E-state index contributed by atoms with van der Waals surface area (Å²) in [5, 5.41) is 31.8. The molecule has 0 aromatic heterocycles. The molecule has 1 aliphatic carbocycles. The van der Waals surface area contributed by atoms with Crippen LogP contribution in [0.3, 0.4) is 0 Å². The Bertz CT molecular complexity index is 1470. The number of carbonyl (C=O) groups is 3. The molecule has 4 rings (SSSR count). The van der Waals surface area contributed by atoms with Gasteiger partial charge in [-0.3, -0.25) is 19.2 Å². The fourth-order valence-corrected chi connectivity index (χ4v) is 7.31. The summed E-state index contributed by atoms with van der Waals surface area (Å²) in [4.78, 5) is 51.0. The molecule has 7 atom stereocenters. The number of para-hydroxylation sites is 1. The standard InChI is InChI=1S/C39H60N6O7/c1-24-11-9-14-32(25(24)2)42-39(50)35-34(26(3)47)33(23-46)52-45(35)22-27-12-10-13-31(36(27)51-8)28-19-29(37(48)40-15-17-43(4)5)21-30(20-28)38(49)41-16-18-44(6)7/h10,12-13,19-21,24-26,32-35,46-47H,9,11,14-18,22-23H2,1-8H3,(H,40,48)(H,41,49)(H,42,50)/t24-,25-,26-,32-,33-,34-,35-/m0/s1. The van der Waals surface area contributed by atoms with E-state index in [0.29, 0.717) is 71.6 Å². The molecule has 1 heterocycles. The molecule has 3 amide bonds. The number of hydrogen-bond donors (Lipinski definition) is 5. The summed E-state index contributed by atoms with van der Waals surface area (Å²) >= 11 is 0. The van der Waals surface area contributed by atoms with Crippen LogP contribution >= 0.6 is 0 Å². The molecule has 0 unspecified atom stereocenters. The minimum absolute atomic E-state index is 0.000394. The van der Waals surface area contributed by atoms with Gasteiger partial charge in [0.05, 0.1) is 26.4 Å². The highest BCUT2D eigenvalue weighted by Crippen LogP contribution is 2.39. The van der Waals surface area contributed by atoms with Gasteiger partial charge < -0.3 is 40.7 Å². The van der Waals surface area contributed by atoms with Crippen molar-refractivity contribution in [3.05, 3.63) is 53.1 Å². The SMILES string of the molecule is COc1c(CN2O[C@@H](CO)[C@H]([C@H](C)O)[C@H]2C(=O)N[C@H]2CCC[C@H](C)[C@@H]2C)cccc1-c1cc(C(=O)NCCN(C)C)cc(C(=O)NCCN(C)C)c1. The summed E-state index contributed by atoms with van der Waals surface area (Å²) in [6.07, 6.45) is 1.32. The Kier molecular flexibility index (Phi) is 15.0. The normalized spacial score (nSPS) is 24.2. The number of rotatable bonds is 16. The second-order valence-electron chi connectivity index (χ2n) is 15.0. The van der Waals surface area contributed by atoms with Crippen molar-refractivity contribution >= 4 is 17.7 Å². The van der Waals surface area contributed by atoms with Crippen molar-refractivity contribution < 1.29 is 34.2 Å². The van der Waals surface area contributed by atoms with Gasteiger partial charge in [0.25, 0.3) is 11.8 Å². The summed E-state index contributed by atoms with van der Waals surface area (Å²) in [5.74, 6) is -0.276. The second kappa shape index (κ2) is 18.9. The molecule has 1 saturated carbocycles. The van der Waals surface area contributed by atoms with Crippen LogP contribution in [0.4, 0.5) is 0 Å². The van der Waals surface area contributed by atoms with E-state index < -0.39 is 24.2 Å². The molecule has 52 heavy (non-hydrogen) atoms. The highest BCUT2D eigenvalue weighted by atomic mass is 16.7. The first-order valence-corrected chi connectivity index (χ1v) is 18.5. The van der Waals surface area contributed by atoms with Crippen LogP contribution in [-0.2, 0) is 16.2 Å². The van der Waals surface area contributed by atoms with Gasteiger partial charge in [-0.25, -0.2) is 0 Å². The number of benzene rings is 2. The summed E-state index contributed by atoms with van der Waals surface area (Å²) in [6, 6.07) is 9.77. The number of aliphatic hydroxyl groups is 2. The Labute approximate surface area is 309 Å². The Hall–Kier alpha value is -3.59. The monoisotopic (exact) mass is 724 g/mol. The Balaban J connectivity index is 1.70. The van der Waals surface area contributed by atoms with Crippen molar-refractivity contribution in [3.8, 4) is 16.9 Å². The average molecular weight is 725 g/mol. The van der Waals surface area contributed by atoms with E-state index in [1.807, 2.05) is 56.2 Å². The van der Waals surface area contributed by atoms with E-state index in [9.17, 15) is 24.6 Å². The van der Waals surface area contributed by atoms with Crippen molar-refractivity contribution in [1.29, 1.82) is 0 Å². The van der Waals surface area contributed by atoms with Gasteiger partial charge in [-0.1, -0.05) is 44.9 Å². The lowest BCUT2D eigenvalue weighted by molar-refractivity contribution is -0.182. The number of aliphatic hydroxyl groups excluding tert-OH is 2. The Morgan fingerprint density at radius 2 is 1.60 bits per heavy atom. The Morgan fingerprint density at radius 3 is 2.13 bits per heavy atom. The lowest BCUT2D eigenvalue weighted by atomic mass is 9.77. The maximum atomic E-state index is 14.1. The lowest BCUT2D eigenvalue weighted by Crippen LogP contribution is -2.53. The predicted octanol–water partition coefficient (Wildman–Crippen LogP) is 2.36. The molecule has 0 spiro atoms. The fraction of sp³-hybridized carbons (Fsp3) is 0.615. The average Bonchev–Trinajstić information content (AvgIpc) is 3.48. The first-order chi connectivity index (χ1) is 24.7. The molecule has 2 fully saturated rings. The van der Waals surface area contributed by atoms with Crippen molar-refractivity contribution in [1.82, 2.24) is 30.8 Å². The molecule has 13 nitrogen and oxygen atoms in total. The van der Waals surface area contributed by atoms with Crippen LogP contribution in [0.15, 0.2) is 36.4 Å². The molecule has 2 aromatic rings. The summed E-state index contributed by atoms with van der Waals surface area (Å²) in [5.41, 5.74) is 2.58. The van der Waals surface area contributed by atoms with Crippen LogP contribution in [0, 0.1) is 17.8 Å². The molecule has 5 N–H and O–H groups in total. The van der Waals surface area contributed by atoms with Crippen LogP contribution in [0.5, 0.6) is 5.75 Å². The molecule has 0 radical (unpaired) electrons. The summed E-state index contributed by atoms with van der Waals surface area (Å²) < 4.78 is 6.00. The van der Waals surface area contributed by atoms with Gasteiger partial charge in [-0.15, -0.1) is 0 Å². The molecule has 2 aromatic carbocycles. The van der Waals surface area contributed by atoms with Crippen molar-refractivity contribution in [2.75, 3.05) is 68.1 Å². The number of nitrogens with zero attached hydrogens (tertiary/aromatic N) is 3. The highest BCUT2D eigenvalue weighted by Gasteiger charge is 2.50. The van der Waals surface area contributed by atoms with Gasteiger partial charge in [-0.2, -0.15) is 5.06 Å². The van der Waals surface area contributed by atoms with Crippen LogP contribution in [0.2, 0.25) is 0 Å². The maximum Gasteiger partial charge on any atom is 0.251 e. The number of likely N-dealkylation sites (N-methyl/N-ethyl adjacent to an activating group) is 2. The van der Waals surface area contributed by atoms with E-state index >= 15 is 0 Å². The van der Waals surface area contributed by atoms with Crippen LogP contribution < -0.4 is 20.7 Å². The van der Waals surface area contributed by atoms with E-state index in [0.717, 1.165) is 19.3 Å². The molecular weight excluding hydrogens is 664 g/mol. The second-order valence-corrected chi connectivity index (χ2v) is 15.0. The first-order valence-electron chi connectivity index (χ1n) is 18.5. The van der Waals surface area contributed by atoms with E-state index in [4.69, 9.17) is 9.57 Å². The number of ether oxygens (including phenoxy) is 1. The van der Waals surface area contributed by atoms with E-state index in [1.165, 1.54) is 0 Å². The zero-order valence-corrected chi connectivity index (χ0v) is 32.1. The highest BCUT2D eigenvalue weighted by molar-refractivity contribution is 6.01. The minimum Gasteiger partial charge on any atom is -0.496 e. The smallest absolute Gasteiger partial charge is 0.251 e. The lowest BCUT2D eigenvalue weighted by Gasteiger charge is -2.36. The van der Waals surface area contributed by atoms with E-state index in [-0.39, 0.29) is 36.9 Å². The zero-order valence-electron chi connectivity index (χ0n) is 32.1. The fourth-order valence-electron chi connectivity index (χ4n) is 7.31. The number of nitrogens with one attached hydrogen (secondary N) is 3. The molecule has 1 saturated heterocycles. The van der Waals surface area contributed by atoms with Gasteiger partial charge in [0.2, 0.25) is 5.91 Å². The van der Waals surface area contributed by atoms with Crippen molar-refractivity contribution in [3.63, 3.8) is 0 Å². The van der Waals surface area contributed by atoms with Crippen LogP contribution in [0.1, 0.15) is 66.3 Å². The number of methoxy groups -OCH3 is 1. The van der Waals surface area contributed by atoms with Gasteiger partial charge in [0.15, 0.2) is 0 Å². The minimum atomic E-state index is -0.928. The third-order valence-electron chi connectivity index (χ3n) is 10.5. The largest absolute Gasteiger partial charge is 0.496 e. The summed E-state index contributed by atoms with van der Waals surface area (Å²) in [6.45, 7) is 7.91. The quantitative estimate of drug-likeness (QED) is 0.174.